The molecule has 0 fully saturated rings. The van der Waals surface area contributed by atoms with Crippen LogP contribution in [0.3, 0.4) is 0 Å². The minimum Gasteiger partial charge on any atom is -0.325 e. The van der Waals surface area contributed by atoms with E-state index in [1.807, 2.05) is 30.3 Å². The van der Waals surface area contributed by atoms with Gasteiger partial charge in [0.05, 0.1) is 17.7 Å². The number of carbonyl (C=O) groups excluding carboxylic acids is 3. The van der Waals surface area contributed by atoms with Gasteiger partial charge in [-0.2, -0.15) is 0 Å². The van der Waals surface area contributed by atoms with Crippen LogP contribution in [0.2, 0.25) is 0 Å². The molecule has 0 aromatic heterocycles. The molecule has 1 aliphatic carbocycles. The van der Waals surface area contributed by atoms with Gasteiger partial charge in [-0.3, -0.25) is 14.4 Å². The highest BCUT2D eigenvalue weighted by Crippen LogP contribution is 2.31. The van der Waals surface area contributed by atoms with Gasteiger partial charge < -0.3 is 5.32 Å². The SMILES string of the molecule is O=C(Cc1ccccc1)Nc1cccc2c1C(=O)c1ccccc1C2=O. The van der Waals surface area contributed by atoms with Crippen LogP contribution >= 0.6 is 0 Å². The van der Waals surface area contributed by atoms with Crippen molar-refractivity contribution in [3.63, 3.8) is 0 Å². The van der Waals surface area contributed by atoms with E-state index in [1.54, 1.807) is 42.5 Å². The zero-order chi connectivity index (χ0) is 18.1. The average Bonchev–Trinajstić information content (AvgIpc) is 2.67. The van der Waals surface area contributed by atoms with E-state index in [0.717, 1.165) is 5.56 Å². The van der Waals surface area contributed by atoms with Crippen molar-refractivity contribution in [3.05, 3.63) is 101 Å². The van der Waals surface area contributed by atoms with Crippen molar-refractivity contribution in [3.8, 4) is 0 Å². The molecule has 1 N–H and O–H groups in total. The van der Waals surface area contributed by atoms with Crippen LogP contribution in [-0.2, 0) is 11.2 Å². The molecule has 26 heavy (non-hydrogen) atoms. The third kappa shape index (κ3) is 2.71. The largest absolute Gasteiger partial charge is 0.325 e. The molecule has 0 radical (unpaired) electrons. The summed E-state index contributed by atoms with van der Waals surface area (Å²) in [5.41, 5.74) is 2.61. The summed E-state index contributed by atoms with van der Waals surface area (Å²) in [6.45, 7) is 0. The van der Waals surface area contributed by atoms with E-state index < -0.39 is 0 Å². The van der Waals surface area contributed by atoms with Gasteiger partial charge in [-0.25, -0.2) is 0 Å². The smallest absolute Gasteiger partial charge is 0.228 e. The van der Waals surface area contributed by atoms with Crippen LogP contribution in [0.25, 0.3) is 0 Å². The van der Waals surface area contributed by atoms with Gasteiger partial charge in [-0.1, -0.05) is 66.7 Å². The molecule has 4 rings (SSSR count). The van der Waals surface area contributed by atoms with Crippen molar-refractivity contribution in [1.29, 1.82) is 0 Å². The zero-order valence-electron chi connectivity index (χ0n) is 13.9. The highest BCUT2D eigenvalue weighted by atomic mass is 16.2. The molecule has 4 heteroatoms. The van der Waals surface area contributed by atoms with E-state index in [4.69, 9.17) is 0 Å². The molecule has 0 saturated heterocycles. The van der Waals surface area contributed by atoms with Crippen molar-refractivity contribution in [2.24, 2.45) is 0 Å². The predicted molar refractivity (Wildman–Crippen MR) is 98.5 cm³/mol. The van der Waals surface area contributed by atoms with E-state index in [-0.39, 0.29) is 29.5 Å². The Morgan fingerprint density at radius 2 is 1.31 bits per heavy atom. The van der Waals surface area contributed by atoms with Crippen LogP contribution in [0.5, 0.6) is 0 Å². The van der Waals surface area contributed by atoms with Gasteiger partial charge in [0.1, 0.15) is 0 Å². The number of benzene rings is 3. The van der Waals surface area contributed by atoms with Crippen molar-refractivity contribution in [2.75, 3.05) is 5.32 Å². The molecule has 0 saturated carbocycles. The molecule has 0 bridgehead atoms. The highest BCUT2D eigenvalue weighted by Gasteiger charge is 2.31. The number of rotatable bonds is 3. The van der Waals surface area contributed by atoms with Gasteiger partial charge in [0, 0.05) is 16.7 Å². The number of anilines is 1. The number of hydrogen-bond donors (Lipinski definition) is 1. The third-order valence-electron chi connectivity index (χ3n) is 4.43. The van der Waals surface area contributed by atoms with E-state index in [9.17, 15) is 14.4 Å². The molecular weight excluding hydrogens is 326 g/mol. The Balaban J connectivity index is 1.69. The van der Waals surface area contributed by atoms with Crippen molar-refractivity contribution in [1.82, 2.24) is 0 Å². The first-order chi connectivity index (χ1) is 12.6. The summed E-state index contributed by atoms with van der Waals surface area (Å²) < 4.78 is 0. The van der Waals surface area contributed by atoms with Crippen LogP contribution in [-0.4, -0.2) is 17.5 Å². The van der Waals surface area contributed by atoms with E-state index >= 15 is 0 Å². The Hall–Kier alpha value is -3.53. The Bertz CT molecular complexity index is 1040. The minimum absolute atomic E-state index is 0.198. The molecule has 3 aromatic rings. The van der Waals surface area contributed by atoms with Gasteiger partial charge in [-0.05, 0) is 11.6 Å². The number of ketones is 2. The molecule has 3 aromatic carbocycles. The minimum atomic E-state index is -0.245. The zero-order valence-corrected chi connectivity index (χ0v) is 13.9. The van der Waals surface area contributed by atoms with Crippen LogP contribution in [0, 0.1) is 0 Å². The first kappa shape index (κ1) is 16.0. The van der Waals surface area contributed by atoms with E-state index in [0.29, 0.717) is 22.4 Å². The molecule has 1 amide bonds. The van der Waals surface area contributed by atoms with Gasteiger partial charge >= 0.3 is 0 Å². The van der Waals surface area contributed by atoms with E-state index in [2.05, 4.69) is 5.32 Å². The molecule has 0 aliphatic heterocycles. The lowest BCUT2D eigenvalue weighted by Crippen LogP contribution is -2.24. The number of hydrogen-bond acceptors (Lipinski definition) is 3. The lowest BCUT2D eigenvalue weighted by atomic mass is 9.83. The average molecular weight is 341 g/mol. The topological polar surface area (TPSA) is 63.2 Å². The van der Waals surface area contributed by atoms with Gasteiger partial charge in [0.2, 0.25) is 5.91 Å². The van der Waals surface area contributed by atoms with Crippen LogP contribution in [0.4, 0.5) is 5.69 Å². The maximum absolute atomic E-state index is 12.9. The quantitative estimate of drug-likeness (QED) is 0.619. The second kappa shape index (κ2) is 6.41. The lowest BCUT2D eigenvalue weighted by molar-refractivity contribution is -0.115. The molecular formula is C22H15NO3. The normalized spacial score (nSPS) is 12.3. The molecule has 4 nitrogen and oxygen atoms in total. The third-order valence-corrected chi connectivity index (χ3v) is 4.43. The second-order valence-corrected chi connectivity index (χ2v) is 6.14. The Morgan fingerprint density at radius 3 is 2.04 bits per heavy atom. The molecule has 0 spiro atoms. The Kier molecular flexibility index (Phi) is 3.93. The number of nitrogens with one attached hydrogen (secondary N) is 1. The van der Waals surface area contributed by atoms with Crippen molar-refractivity contribution >= 4 is 23.2 Å². The molecule has 0 unspecified atom stereocenters. The molecule has 1 aliphatic rings. The monoisotopic (exact) mass is 341 g/mol. The highest BCUT2D eigenvalue weighted by molar-refractivity contribution is 6.30. The number of amides is 1. The fourth-order valence-corrected chi connectivity index (χ4v) is 3.22. The molecule has 0 atom stereocenters. The van der Waals surface area contributed by atoms with Crippen molar-refractivity contribution < 1.29 is 14.4 Å². The molecule has 126 valence electrons. The summed E-state index contributed by atoms with van der Waals surface area (Å²) in [6.07, 6.45) is 0.198. The molecule has 0 heterocycles. The van der Waals surface area contributed by atoms with Crippen LogP contribution in [0.1, 0.15) is 37.4 Å². The van der Waals surface area contributed by atoms with Gasteiger partial charge in [0.15, 0.2) is 11.6 Å². The number of carbonyl (C=O) groups is 3. The predicted octanol–water partition coefficient (Wildman–Crippen LogP) is 3.64. The summed E-state index contributed by atoms with van der Waals surface area (Å²) in [7, 11) is 0. The van der Waals surface area contributed by atoms with Gasteiger partial charge in [-0.15, -0.1) is 0 Å². The first-order valence-electron chi connectivity index (χ1n) is 8.30. The standard InChI is InChI=1S/C22H15NO3/c24-19(13-14-7-2-1-3-8-14)23-18-12-6-11-17-20(18)22(26)16-10-5-4-9-15(16)21(17)25/h1-12H,13H2,(H,23,24). The summed E-state index contributed by atoms with van der Waals surface area (Å²) in [6, 6.07) is 21.1. The van der Waals surface area contributed by atoms with Gasteiger partial charge in [0.25, 0.3) is 0 Å². The maximum Gasteiger partial charge on any atom is 0.228 e. The summed E-state index contributed by atoms with van der Waals surface area (Å²) in [4.78, 5) is 38.0. The summed E-state index contributed by atoms with van der Waals surface area (Å²) >= 11 is 0. The van der Waals surface area contributed by atoms with Crippen LogP contribution < -0.4 is 5.32 Å². The number of fused-ring (bicyclic) bond motifs is 2. The Labute approximate surface area is 150 Å². The lowest BCUT2D eigenvalue weighted by Gasteiger charge is -2.20. The van der Waals surface area contributed by atoms with Crippen molar-refractivity contribution in [2.45, 2.75) is 6.42 Å². The maximum atomic E-state index is 12.9. The fraction of sp³-hybridized carbons (Fsp3) is 0.0455. The summed E-state index contributed by atoms with van der Waals surface area (Å²) in [5, 5.41) is 2.79. The fourth-order valence-electron chi connectivity index (χ4n) is 3.22. The Morgan fingerprint density at radius 1 is 0.692 bits per heavy atom. The van der Waals surface area contributed by atoms with Crippen LogP contribution in [0.15, 0.2) is 72.8 Å². The summed E-state index contributed by atoms with van der Waals surface area (Å²) in [5.74, 6) is -0.677. The van der Waals surface area contributed by atoms with E-state index in [1.165, 1.54) is 0 Å². The second-order valence-electron chi connectivity index (χ2n) is 6.14. The first-order valence-corrected chi connectivity index (χ1v) is 8.30.